The van der Waals surface area contributed by atoms with Gasteiger partial charge < -0.3 is 25.4 Å². The monoisotopic (exact) mass is 397 g/mol. The lowest BCUT2D eigenvalue weighted by Crippen LogP contribution is -2.53. The Balaban J connectivity index is 2.09. The van der Waals surface area contributed by atoms with Crippen molar-refractivity contribution in [2.75, 3.05) is 5.73 Å². The Kier molecular flexibility index (Phi) is 5.15. The summed E-state index contributed by atoms with van der Waals surface area (Å²) in [6.07, 6.45) is -3.05. The number of aliphatic hydroxyl groups excluding tert-OH is 2. The van der Waals surface area contributed by atoms with Gasteiger partial charge in [0.1, 0.15) is 44.1 Å². The molecule has 0 amide bonds. The van der Waals surface area contributed by atoms with Gasteiger partial charge in [-0.3, -0.25) is 4.79 Å². The Morgan fingerprint density at radius 2 is 2.17 bits per heavy atom. The lowest BCUT2D eigenvalue weighted by molar-refractivity contribution is -0.163. The molecule has 1 aliphatic rings. The number of nitrogens with zero attached hydrogens (tertiary/aromatic N) is 4. The molecule has 4 atom stereocenters. The summed E-state index contributed by atoms with van der Waals surface area (Å²) in [7, 11) is 4.87. The maximum atomic E-state index is 12.1. The number of aliphatic hydroxyl groups is 2. The van der Waals surface area contributed by atoms with Crippen LogP contribution in [-0.4, -0.2) is 78.0 Å². The SMILES string of the molecule is Bc1cc([C@]2(C#N)OC(C(B)(B)OC(=O)C(C)C)[C@@H](O)[C@H]2O)n2ncnc(N)c12. The number of nitrogen functional groups attached to an aromatic ring is 1. The highest BCUT2D eigenvalue weighted by molar-refractivity contribution is 6.40. The number of rotatable bonds is 4. The van der Waals surface area contributed by atoms with Crippen LogP contribution in [-0.2, 0) is 19.9 Å². The highest BCUT2D eigenvalue weighted by Gasteiger charge is 2.61. The summed E-state index contributed by atoms with van der Waals surface area (Å²) in [5, 5.41) is 34.4. The van der Waals surface area contributed by atoms with Crippen LogP contribution in [0.3, 0.4) is 0 Å². The molecular weight excluding hydrogens is 375 g/mol. The number of aromatic nitrogens is 3. The number of nitriles is 1. The highest BCUT2D eigenvalue weighted by atomic mass is 16.6. The summed E-state index contributed by atoms with van der Waals surface area (Å²) < 4.78 is 12.8. The van der Waals surface area contributed by atoms with Crippen molar-refractivity contribution in [2.24, 2.45) is 5.92 Å². The minimum absolute atomic E-state index is 0.196. The molecule has 1 unspecified atom stereocenters. The molecule has 2 aromatic rings. The topological polar surface area (TPSA) is 156 Å². The van der Waals surface area contributed by atoms with Gasteiger partial charge in [0.2, 0.25) is 5.60 Å². The molecule has 0 aliphatic carbocycles. The van der Waals surface area contributed by atoms with E-state index in [2.05, 4.69) is 10.1 Å². The molecule has 0 aromatic carbocycles. The second-order valence-electron chi connectivity index (χ2n) is 8.12. The van der Waals surface area contributed by atoms with Gasteiger partial charge in [0.25, 0.3) is 0 Å². The first kappa shape index (κ1) is 21.2. The molecule has 0 bridgehead atoms. The molecule has 1 saturated heterocycles. The van der Waals surface area contributed by atoms with Crippen molar-refractivity contribution < 1.29 is 24.5 Å². The molecule has 1 fully saturated rings. The predicted octanol–water partition coefficient (Wildman–Crippen LogP) is -4.47. The number of ether oxygens (including phenoxy) is 2. The second-order valence-corrected chi connectivity index (χ2v) is 8.12. The van der Waals surface area contributed by atoms with E-state index in [0.717, 1.165) is 0 Å². The van der Waals surface area contributed by atoms with Crippen molar-refractivity contribution in [1.82, 2.24) is 14.6 Å². The first-order chi connectivity index (χ1) is 13.5. The highest BCUT2D eigenvalue weighted by Crippen LogP contribution is 2.42. The molecule has 150 valence electrons. The quantitative estimate of drug-likeness (QED) is 0.342. The molecule has 3 heterocycles. The van der Waals surface area contributed by atoms with Crippen molar-refractivity contribution in [3.8, 4) is 6.07 Å². The smallest absolute Gasteiger partial charge is 0.307 e. The molecule has 0 saturated carbocycles. The van der Waals surface area contributed by atoms with E-state index in [4.69, 9.17) is 15.2 Å². The number of carbonyl (C=O) groups is 1. The van der Waals surface area contributed by atoms with Gasteiger partial charge >= 0.3 is 5.97 Å². The van der Waals surface area contributed by atoms with Crippen LogP contribution in [0.2, 0.25) is 0 Å². The molecule has 13 heteroatoms. The van der Waals surface area contributed by atoms with Gasteiger partial charge in [-0.15, -0.1) is 0 Å². The van der Waals surface area contributed by atoms with E-state index in [9.17, 15) is 20.3 Å². The van der Waals surface area contributed by atoms with E-state index in [1.807, 2.05) is 6.07 Å². The van der Waals surface area contributed by atoms with Gasteiger partial charge in [-0.25, -0.2) is 9.50 Å². The predicted molar refractivity (Wildman–Crippen MR) is 111 cm³/mol. The average Bonchev–Trinajstić information content (AvgIpc) is 3.12. The molecule has 2 aromatic heterocycles. The van der Waals surface area contributed by atoms with Crippen LogP contribution < -0.4 is 11.2 Å². The Labute approximate surface area is 170 Å². The van der Waals surface area contributed by atoms with Crippen molar-refractivity contribution in [1.29, 1.82) is 5.26 Å². The fourth-order valence-electron chi connectivity index (χ4n) is 3.61. The maximum absolute atomic E-state index is 12.1. The Bertz CT molecular complexity index is 1010. The summed E-state index contributed by atoms with van der Waals surface area (Å²) in [6, 6.07) is 3.59. The third kappa shape index (κ3) is 3.17. The fourth-order valence-corrected chi connectivity index (χ4v) is 3.61. The standard InChI is InChI=1S/C16H22B3N5O5/c1-6(2)14(27)29-16(18,19)12-10(25)11(26)15(4-20,28-12)8-3-7(17)9-13(21)22-5-23-24(8)9/h3,5-6,10-12,25-26H,17-19H2,1-2H3,(H2,21,22,23)/t10-,11+,12?,15-/m0/s1. The van der Waals surface area contributed by atoms with Gasteiger partial charge in [-0.05, 0) is 6.07 Å². The average molecular weight is 397 g/mol. The van der Waals surface area contributed by atoms with Gasteiger partial charge in [-0.2, -0.15) is 10.4 Å². The van der Waals surface area contributed by atoms with Crippen molar-refractivity contribution in [3.05, 3.63) is 18.1 Å². The van der Waals surface area contributed by atoms with Crippen LogP contribution in [0, 0.1) is 17.2 Å². The molecule has 29 heavy (non-hydrogen) atoms. The molecule has 1 aliphatic heterocycles. The summed E-state index contributed by atoms with van der Waals surface area (Å²) in [6.45, 7) is 3.36. The van der Waals surface area contributed by atoms with E-state index < -0.39 is 41.2 Å². The summed E-state index contributed by atoms with van der Waals surface area (Å²) >= 11 is 0. The second kappa shape index (κ2) is 7.05. The number of hydrogen-bond donors (Lipinski definition) is 3. The van der Waals surface area contributed by atoms with Crippen LogP contribution >= 0.6 is 0 Å². The van der Waals surface area contributed by atoms with Crippen LogP contribution in [0.4, 0.5) is 5.82 Å². The third-order valence-electron chi connectivity index (χ3n) is 5.20. The number of fused-ring (bicyclic) bond motifs is 1. The number of nitrogens with two attached hydrogens (primary N) is 1. The van der Waals surface area contributed by atoms with E-state index in [1.54, 1.807) is 43.5 Å². The first-order valence-electron chi connectivity index (χ1n) is 9.23. The summed E-state index contributed by atoms with van der Waals surface area (Å²) in [4.78, 5) is 16.0. The Morgan fingerprint density at radius 1 is 1.52 bits per heavy atom. The van der Waals surface area contributed by atoms with E-state index >= 15 is 0 Å². The fraction of sp³-hybridized carbons (Fsp3) is 0.500. The minimum atomic E-state index is -1.95. The molecule has 3 rings (SSSR count). The number of esters is 1. The normalized spacial score (nSPS) is 27.2. The van der Waals surface area contributed by atoms with Crippen LogP contribution in [0.25, 0.3) is 5.52 Å². The molecular formula is C16H22B3N5O5. The lowest BCUT2D eigenvalue weighted by atomic mass is 9.60. The van der Waals surface area contributed by atoms with Crippen LogP contribution in [0.1, 0.15) is 19.5 Å². The van der Waals surface area contributed by atoms with Crippen LogP contribution in [0.5, 0.6) is 0 Å². The minimum Gasteiger partial charge on any atom is -0.475 e. The zero-order chi connectivity index (χ0) is 21.7. The Hall–Kier alpha value is -2.55. The molecule has 4 N–H and O–H groups in total. The molecule has 0 radical (unpaired) electrons. The summed E-state index contributed by atoms with van der Waals surface area (Å²) in [5.74, 6) is -0.678. The van der Waals surface area contributed by atoms with E-state index in [-0.39, 0.29) is 11.5 Å². The van der Waals surface area contributed by atoms with Gasteiger partial charge in [0.15, 0.2) is 21.5 Å². The van der Waals surface area contributed by atoms with Gasteiger partial charge in [0, 0.05) is 0 Å². The maximum Gasteiger partial charge on any atom is 0.307 e. The van der Waals surface area contributed by atoms with Crippen molar-refractivity contribution in [3.63, 3.8) is 0 Å². The van der Waals surface area contributed by atoms with E-state index in [0.29, 0.717) is 11.0 Å². The molecule has 0 spiro atoms. The van der Waals surface area contributed by atoms with Crippen molar-refractivity contribution >= 4 is 46.3 Å². The zero-order valence-corrected chi connectivity index (χ0v) is 16.9. The Morgan fingerprint density at radius 3 is 2.76 bits per heavy atom. The third-order valence-corrected chi connectivity index (χ3v) is 5.20. The first-order valence-corrected chi connectivity index (χ1v) is 9.23. The number of carbonyl (C=O) groups excluding carboxylic acids is 1. The van der Waals surface area contributed by atoms with Crippen molar-refractivity contribution in [2.45, 2.75) is 43.2 Å². The summed E-state index contributed by atoms with van der Waals surface area (Å²) in [5.41, 5.74) is 5.31. The molecule has 10 nitrogen and oxygen atoms in total. The zero-order valence-electron chi connectivity index (χ0n) is 16.9. The van der Waals surface area contributed by atoms with Crippen LogP contribution in [0.15, 0.2) is 12.4 Å². The lowest BCUT2D eigenvalue weighted by Gasteiger charge is -2.34. The van der Waals surface area contributed by atoms with Gasteiger partial charge in [-0.1, -0.05) is 19.3 Å². The number of hydrogen-bond acceptors (Lipinski definition) is 9. The number of anilines is 1. The van der Waals surface area contributed by atoms with Gasteiger partial charge in [0.05, 0.1) is 17.0 Å². The van der Waals surface area contributed by atoms with E-state index in [1.165, 1.54) is 10.8 Å². The largest absolute Gasteiger partial charge is 0.475 e.